The van der Waals surface area contributed by atoms with Crippen molar-refractivity contribution in [3.05, 3.63) is 59.2 Å². The number of rotatable bonds is 7. The highest BCUT2D eigenvalue weighted by atomic mass is 32.2. The van der Waals surface area contributed by atoms with Crippen molar-refractivity contribution in [2.24, 2.45) is 0 Å². The zero-order valence-electron chi connectivity index (χ0n) is 13.9. The Bertz CT molecular complexity index is 633. The summed E-state index contributed by atoms with van der Waals surface area (Å²) in [6, 6.07) is 14.4. The summed E-state index contributed by atoms with van der Waals surface area (Å²) in [6.45, 7) is 6.79. The molecule has 4 heteroatoms. The molecule has 0 radical (unpaired) electrons. The predicted molar refractivity (Wildman–Crippen MR) is 96.3 cm³/mol. The standard InChI is InChI=1S/C19H23NO2S/c1-14-4-6-18(7-5-14)23-9-8-20-19(21)13-22-17-11-15(2)10-16(3)12-17/h4-7,10-12H,8-9,13H2,1-3H3,(H,20,21). The molecule has 2 aromatic rings. The smallest absolute Gasteiger partial charge is 0.257 e. The van der Waals surface area contributed by atoms with Gasteiger partial charge in [-0.25, -0.2) is 0 Å². The topological polar surface area (TPSA) is 38.3 Å². The van der Waals surface area contributed by atoms with Crippen LogP contribution in [0.3, 0.4) is 0 Å². The van der Waals surface area contributed by atoms with Gasteiger partial charge in [-0.3, -0.25) is 4.79 Å². The fourth-order valence-corrected chi connectivity index (χ4v) is 2.98. The summed E-state index contributed by atoms with van der Waals surface area (Å²) in [6.07, 6.45) is 0. The number of nitrogens with one attached hydrogen (secondary N) is 1. The van der Waals surface area contributed by atoms with Gasteiger partial charge in [0.2, 0.25) is 0 Å². The molecule has 0 spiro atoms. The average molecular weight is 329 g/mol. The maximum absolute atomic E-state index is 11.8. The highest BCUT2D eigenvalue weighted by Crippen LogP contribution is 2.17. The molecule has 0 bridgehead atoms. The zero-order chi connectivity index (χ0) is 16.7. The van der Waals surface area contributed by atoms with E-state index >= 15 is 0 Å². The van der Waals surface area contributed by atoms with Crippen LogP contribution >= 0.6 is 11.8 Å². The third kappa shape index (κ3) is 6.37. The van der Waals surface area contributed by atoms with Gasteiger partial charge in [-0.15, -0.1) is 11.8 Å². The van der Waals surface area contributed by atoms with Gasteiger partial charge in [0, 0.05) is 17.2 Å². The molecule has 122 valence electrons. The summed E-state index contributed by atoms with van der Waals surface area (Å²) in [7, 11) is 0. The second-order valence-corrected chi connectivity index (χ2v) is 6.79. The van der Waals surface area contributed by atoms with Gasteiger partial charge in [0.1, 0.15) is 5.75 Å². The molecule has 0 heterocycles. The first-order chi connectivity index (χ1) is 11.0. The summed E-state index contributed by atoms with van der Waals surface area (Å²) in [5.41, 5.74) is 3.52. The minimum absolute atomic E-state index is 0.0537. The first-order valence-corrected chi connectivity index (χ1v) is 8.69. The van der Waals surface area contributed by atoms with Crippen LogP contribution in [0.15, 0.2) is 47.4 Å². The first kappa shape index (κ1) is 17.4. The van der Waals surface area contributed by atoms with Gasteiger partial charge in [-0.1, -0.05) is 23.8 Å². The average Bonchev–Trinajstić information content (AvgIpc) is 2.50. The molecule has 0 atom stereocenters. The van der Waals surface area contributed by atoms with E-state index in [0.29, 0.717) is 6.54 Å². The van der Waals surface area contributed by atoms with Crippen LogP contribution in [0.4, 0.5) is 0 Å². The third-order valence-electron chi connectivity index (χ3n) is 3.28. The lowest BCUT2D eigenvalue weighted by molar-refractivity contribution is -0.122. The lowest BCUT2D eigenvalue weighted by Gasteiger charge is -2.09. The Morgan fingerprint density at radius 2 is 1.65 bits per heavy atom. The molecule has 0 aliphatic rings. The maximum Gasteiger partial charge on any atom is 0.257 e. The maximum atomic E-state index is 11.8. The molecule has 1 amide bonds. The predicted octanol–water partition coefficient (Wildman–Crippen LogP) is 3.90. The fraction of sp³-hybridized carbons (Fsp3) is 0.316. The molecule has 0 aromatic heterocycles. The molecule has 1 N–H and O–H groups in total. The minimum atomic E-state index is -0.0892. The molecule has 0 fully saturated rings. The van der Waals surface area contributed by atoms with E-state index in [1.807, 2.05) is 26.0 Å². The minimum Gasteiger partial charge on any atom is -0.484 e. The second-order valence-electron chi connectivity index (χ2n) is 5.62. The van der Waals surface area contributed by atoms with Crippen molar-refractivity contribution < 1.29 is 9.53 Å². The van der Waals surface area contributed by atoms with Gasteiger partial charge in [0.15, 0.2) is 6.61 Å². The fourth-order valence-electron chi connectivity index (χ4n) is 2.21. The number of ether oxygens (including phenoxy) is 1. The van der Waals surface area contributed by atoms with Crippen LogP contribution in [0.5, 0.6) is 5.75 Å². The van der Waals surface area contributed by atoms with Crippen LogP contribution in [0.2, 0.25) is 0 Å². The van der Waals surface area contributed by atoms with E-state index in [9.17, 15) is 4.79 Å². The van der Waals surface area contributed by atoms with Gasteiger partial charge >= 0.3 is 0 Å². The Kier molecular flexibility index (Phi) is 6.53. The van der Waals surface area contributed by atoms with Crippen molar-refractivity contribution in [3.8, 4) is 5.75 Å². The Labute approximate surface area is 142 Å². The van der Waals surface area contributed by atoms with E-state index in [-0.39, 0.29) is 12.5 Å². The van der Waals surface area contributed by atoms with E-state index in [1.165, 1.54) is 10.5 Å². The van der Waals surface area contributed by atoms with Gasteiger partial charge in [0.25, 0.3) is 5.91 Å². The van der Waals surface area contributed by atoms with Gasteiger partial charge in [-0.05, 0) is 56.2 Å². The molecule has 2 rings (SSSR count). The molecule has 2 aromatic carbocycles. The number of hydrogen-bond donors (Lipinski definition) is 1. The van der Waals surface area contributed by atoms with Gasteiger partial charge in [-0.2, -0.15) is 0 Å². The molecule has 0 aliphatic carbocycles. The molecule has 23 heavy (non-hydrogen) atoms. The van der Waals surface area contributed by atoms with E-state index in [4.69, 9.17) is 4.74 Å². The Balaban J connectivity index is 1.66. The van der Waals surface area contributed by atoms with Crippen LogP contribution in [0.1, 0.15) is 16.7 Å². The number of benzene rings is 2. The van der Waals surface area contributed by atoms with Crippen molar-refractivity contribution >= 4 is 17.7 Å². The number of thioether (sulfide) groups is 1. The SMILES string of the molecule is Cc1ccc(SCCNC(=O)COc2cc(C)cc(C)c2)cc1. The quantitative estimate of drug-likeness (QED) is 0.618. The third-order valence-corrected chi connectivity index (χ3v) is 4.29. The van der Waals surface area contributed by atoms with E-state index in [1.54, 1.807) is 11.8 Å². The van der Waals surface area contributed by atoms with Crippen LogP contribution in [0.25, 0.3) is 0 Å². The molecule has 0 saturated carbocycles. The first-order valence-electron chi connectivity index (χ1n) is 7.70. The number of carbonyl (C=O) groups is 1. The van der Waals surface area contributed by atoms with Crippen molar-refractivity contribution in [1.29, 1.82) is 0 Å². The molecular formula is C19H23NO2S. The number of carbonyl (C=O) groups excluding carboxylic acids is 1. The Hall–Kier alpha value is -1.94. The summed E-state index contributed by atoms with van der Waals surface area (Å²) < 4.78 is 5.54. The molecule has 0 saturated heterocycles. The number of aryl methyl sites for hydroxylation is 3. The lowest BCUT2D eigenvalue weighted by atomic mass is 10.1. The molecule has 0 aliphatic heterocycles. The lowest BCUT2D eigenvalue weighted by Crippen LogP contribution is -2.30. The second kappa shape index (κ2) is 8.63. The highest BCUT2D eigenvalue weighted by molar-refractivity contribution is 7.99. The van der Waals surface area contributed by atoms with E-state index in [0.717, 1.165) is 22.6 Å². The Morgan fingerprint density at radius 1 is 1.00 bits per heavy atom. The summed E-state index contributed by atoms with van der Waals surface area (Å²) in [5.74, 6) is 1.50. The van der Waals surface area contributed by atoms with Crippen molar-refractivity contribution in [2.75, 3.05) is 18.9 Å². The van der Waals surface area contributed by atoms with Crippen molar-refractivity contribution in [1.82, 2.24) is 5.32 Å². The van der Waals surface area contributed by atoms with Crippen LogP contribution in [0, 0.1) is 20.8 Å². The molecule has 3 nitrogen and oxygen atoms in total. The molecule has 0 unspecified atom stereocenters. The van der Waals surface area contributed by atoms with Crippen LogP contribution in [-0.4, -0.2) is 24.8 Å². The Morgan fingerprint density at radius 3 is 2.30 bits per heavy atom. The number of amides is 1. The number of hydrogen-bond acceptors (Lipinski definition) is 3. The monoisotopic (exact) mass is 329 g/mol. The van der Waals surface area contributed by atoms with Crippen LogP contribution in [-0.2, 0) is 4.79 Å². The van der Waals surface area contributed by atoms with Crippen LogP contribution < -0.4 is 10.1 Å². The zero-order valence-corrected chi connectivity index (χ0v) is 14.7. The van der Waals surface area contributed by atoms with Gasteiger partial charge < -0.3 is 10.1 Å². The van der Waals surface area contributed by atoms with Gasteiger partial charge in [0.05, 0.1) is 0 Å². The largest absolute Gasteiger partial charge is 0.484 e. The van der Waals surface area contributed by atoms with Crippen molar-refractivity contribution in [3.63, 3.8) is 0 Å². The summed E-state index contributed by atoms with van der Waals surface area (Å²) in [4.78, 5) is 13.0. The summed E-state index contributed by atoms with van der Waals surface area (Å²) >= 11 is 1.73. The van der Waals surface area contributed by atoms with E-state index < -0.39 is 0 Å². The van der Waals surface area contributed by atoms with E-state index in [2.05, 4.69) is 42.6 Å². The van der Waals surface area contributed by atoms with Crippen molar-refractivity contribution in [2.45, 2.75) is 25.7 Å². The highest BCUT2D eigenvalue weighted by Gasteiger charge is 2.03. The molecular weight excluding hydrogens is 306 g/mol. The summed E-state index contributed by atoms with van der Waals surface area (Å²) in [5, 5.41) is 2.88. The normalized spacial score (nSPS) is 10.4.